The largest absolute Gasteiger partial charge is 0.511 e. The van der Waals surface area contributed by atoms with E-state index in [1.54, 1.807) is 0 Å². The summed E-state index contributed by atoms with van der Waals surface area (Å²) in [6, 6.07) is 0. The van der Waals surface area contributed by atoms with Crippen molar-refractivity contribution >= 4 is 10.0 Å². The van der Waals surface area contributed by atoms with Gasteiger partial charge in [-0.05, 0) is 13.3 Å². The lowest BCUT2D eigenvalue weighted by Gasteiger charge is -2.21. The number of rotatable bonds is 4. The van der Waals surface area contributed by atoms with E-state index in [0.717, 1.165) is 0 Å². The molecule has 2 N–H and O–H groups in total. The van der Waals surface area contributed by atoms with Gasteiger partial charge in [-0.15, -0.1) is 0 Å². The molecule has 0 saturated carbocycles. The molecule has 1 atom stereocenters. The van der Waals surface area contributed by atoms with Crippen LogP contribution in [0.5, 0.6) is 0 Å². The molecule has 0 heterocycles. The van der Waals surface area contributed by atoms with E-state index in [9.17, 15) is 26.7 Å². The molecule has 14 heavy (non-hydrogen) atoms. The molecule has 8 heteroatoms. The SMILES string of the molecule is CCC(C)(O)CNS(=O)(=O)C(F)(F)F. The first kappa shape index (κ1) is 13.7. The molecule has 0 aliphatic rings. The van der Waals surface area contributed by atoms with E-state index in [2.05, 4.69) is 0 Å². The van der Waals surface area contributed by atoms with Gasteiger partial charge < -0.3 is 5.11 Å². The number of halogens is 3. The first-order chi connectivity index (χ1) is 6.02. The van der Waals surface area contributed by atoms with Crippen molar-refractivity contribution in [1.82, 2.24) is 4.72 Å². The van der Waals surface area contributed by atoms with Crippen LogP contribution >= 0.6 is 0 Å². The maximum absolute atomic E-state index is 11.8. The maximum Gasteiger partial charge on any atom is 0.511 e. The number of aliphatic hydroxyl groups is 1. The van der Waals surface area contributed by atoms with Gasteiger partial charge in [-0.1, -0.05) is 6.92 Å². The Hall–Kier alpha value is -0.340. The zero-order chi connectivity index (χ0) is 11.6. The summed E-state index contributed by atoms with van der Waals surface area (Å²) in [5.74, 6) is 0. The summed E-state index contributed by atoms with van der Waals surface area (Å²) in [5, 5.41) is 9.26. The highest BCUT2D eigenvalue weighted by molar-refractivity contribution is 7.90. The Morgan fingerprint density at radius 3 is 2.07 bits per heavy atom. The molecule has 0 bridgehead atoms. The summed E-state index contributed by atoms with van der Waals surface area (Å²) in [7, 11) is -5.35. The van der Waals surface area contributed by atoms with Crippen molar-refractivity contribution in [3.8, 4) is 0 Å². The molecule has 4 nitrogen and oxygen atoms in total. The summed E-state index contributed by atoms with van der Waals surface area (Å²) in [6.45, 7) is 2.11. The third kappa shape index (κ3) is 3.81. The van der Waals surface area contributed by atoms with E-state index in [1.165, 1.54) is 18.6 Å². The van der Waals surface area contributed by atoms with Gasteiger partial charge >= 0.3 is 15.5 Å². The zero-order valence-corrected chi connectivity index (χ0v) is 8.54. The van der Waals surface area contributed by atoms with Gasteiger partial charge in [0.2, 0.25) is 0 Å². The minimum atomic E-state index is -5.35. The minimum absolute atomic E-state index is 0.146. The second kappa shape index (κ2) is 4.03. The average Bonchev–Trinajstić information content (AvgIpc) is 1.99. The number of nitrogens with one attached hydrogen (secondary N) is 1. The lowest BCUT2D eigenvalue weighted by Crippen LogP contribution is -2.44. The Balaban J connectivity index is 4.43. The first-order valence-electron chi connectivity index (χ1n) is 3.80. The topological polar surface area (TPSA) is 66.4 Å². The highest BCUT2D eigenvalue weighted by Crippen LogP contribution is 2.22. The third-order valence-electron chi connectivity index (χ3n) is 1.71. The van der Waals surface area contributed by atoms with Crippen LogP contribution in [-0.4, -0.2) is 31.2 Å². The number of sulfonamides is 1. The second-order valence-electron chi connectivity index (χ2n) is 3.12. The van der Waals surface area contributed by atoms with Crippen LogP contribution in [0.4, 0.5) is 13.2 Å². The number of alkyl halides is 3. The van der Waals surface area contributed by atoms with Crippen LogP contribution in [0, 0.1) is 0 Å². The van der Waals surface area contributed by atoms with E-state index >= 15 is 0 Å². The van der Waals surface area contributed by atoms with E-state index < -0.39 is 27.7 Å². The van der Waals surface area contributed by atoms with Gasteiger partial charge in [-0.2, -0.15) is 13.2 Å². The molecule has 0 aliphatic heterocycles. The highest BCUT2D eigenvalue weighted by atomic mass is 32.2. The smallest absolute Gasteiger partial charge is 0.389 e. The van der Waals surface area contributed by atoms with Crippen molar-refractivity contribution < 1.29 is 26.7 Å². The predicted molar refractivity (Wildman–Crippen MR) is 43.9 cm³/mol. The van der Waals surface area contributed by atoms with Crippen molar-refractivity contribution in [2.24, 2.45) is 0 Å². The molecule has 0 aromatic carbocycles. The molecule has 86 valence electrons. The average molecular weight is 235 g/mol. The summed E-state index contributed by atoms with van der Waals surface area (Å²) in [6.07, 6.45) is 0.146. The molecule has 0 saturated heterocycles. The Morgan fingerprint density at radius 2 is 1.79 bits per heavy atom. The number of hydrogen-bond donors (Lipinski definition) is 2. The molecule has 0 rings (SSSR count). The molecule has 0 amide bonds. The summed E-state index contributed by atoms with van der Waals surface area (Å²) in [5.41, 5.74) is -6.81. The van der Waals surface area contributed by atoms with E-state index in [0.29, 0.717) is 0 Å². The third-order valence-corrected chi connectivity index (χ3v) is 2.84. The van der Waals surface area contributed by atoms with Crippen LogP contribution in [0.3, 0.4) is 0 Å². The van der Waals surface area contributed by atoms with Gasteiger partial charge in [0.25, 0.3) is 0 Å². The molecule has 0 aromatic heterocycles. The summed E-state index contributed by atoms with van der Waals surface area (Å²) >= 11 is 0. The minimum Gasteiger partial charge on any atom is -0.389 e. The molecule has 0 aliphatic carbocycles. The predicted octanol–water partition coefficient (Wildman–Crippen LogP) is 0.587. The van der Waals surface area contributed by atoms with Crippen LogP contribution in [0.2, 0.25) is 0 Å². The summed E-state index contributed by atoms with van der Waals surface area (Å²) in [4.78, 5) is 0. The van der Waals surface area contributed by atoms with Crippen LogP contribution < -0.4 is 4.72 Å². The second-order valence-corrected chi connectivity index (χ2v) is 4.88. The Bertz CT molecular complexity index is 283. The highest BCUT2D eigenvalue weighted by Gasteiger charge is 2.46. The fourth-order valence-corrected chi connectivity index (χ4v) is 1.12. The molecule has 0 aromatic rings. The fourth-order valence-electron chi connectivity index (χ4n) is 0.457. The van der Waals surface area contributed by atoms with Crippen LogP contribution in [0.1, 0.15) is 20.3 Å². The van der Waals surface area contributed by atoms with Gasteiger partial charge in [-0.25, -0.2) is 13.1 Å². The van der Waals surface area contributed by atoms with Crippen LogP contribution in [0.15, 0.2) is 0 Å². The maximum atomic E-state index is 11.8. The van der Waals surface area contributed by atoms with Crippen molar-refractivity contribution in [3.05, 3.63) is 0 Å². The molecule has 0 radical (unpaired) electrons. The van der Waals surface area contributed by atoms with Crippen molar-refractivity contribution in [3.63, 3.8) is 0 Å². The Kier molecular flexibility index (Phi) is 3.93. The molecular formula is C6H12F3NO3S. The van der Waals surface area contributed by atoms with Crippen molar-refractivity contribution in [2.75, 3.05) is 6.54 Å². The lowest BCUT2D eigenvalue weighted by molar-refractivity contribution is -0.0454. The quantitative estimate of drug-likeness (QED) is 0.749. The van der Waals surface area contributed by atoms with Gasteiger partial charge in [0.15, 0.2) is 0 Å². The van der Waals surface area contributed by atoms with Gasteiger partial charge in [0, 0.05) is 6.54 Å². The molecular weight excluding hydrogens is 223 g/mol. The zero-order valence-electron chi connectivity index (χ0n) is 7.72. The standard InChI is InChI=1S/C6H12F3NO3S/c1-3-5(2,11)4-10-14(12,13)6(7,8)9/h10-11H,3-4H2,1-2H3. The Morgan fingerprint density at radius 1 is 1.36 bits per heavy atom. The van der Waals surface area contributed by atoms with Crippen molar-refractivity contribution in [1.29, 1.82) is 0 Å². The van der Waals surface area contributed by atoms with Crippen LogP contribution in [0.25, 0.3) is 0 Å². The van der Waals surface area contributed by atoms with Gasteiger partial charge in [0.1, 0.15) is 0 Å². The fraction of sp³-hybridized carbons (Fsp3) is 1.00. The molecule has 1 unspecified atom stereocenters. The molecule has 0 spiro atoms. The van der Waals surface area contributed by atoms with Crippen LogP contribution in [-0.2, 0) is 10.0 Å². The number of hydrogen-bond acceptors (Lipinski definition) is 3. The van der Waals surface area contributed by atoms with Gasteiger partial charge in [0.05, 0.1) is 5.60 Å². The van der Waals surface area contributed by atoms with E-state index in [-0.39, 0.29) is 6.42 Å². The normalized spacial score (nSPS) is 17.9. The Labute approximate surface area is 80.2 Å². The summed E-state index contributed by atoms with van der Waals surface area (Å²) < 4.78 is 57.6. The monoisotopic (exact) mass is 235 g/mol. The molecule has 0 fully saturated rings. The van der Waals surface area contributed by atoms with E-state index in [1.807, 2.05) is 0 Å². The van der Waals surface area contributed by atoms with Gasteiger partial charge in [-0.3, -0.25) is 0 Å². The van der Waals surface area contributed by atoms with E-state index in [4.69, 9.17) is 0 Å². The van der Waals surface area contributed by atoms with Crippen molar-refractivity contribution in [2.45, 2.75) is 31.4 Å². The first-order valence-corrected chi connectivity index (χ1v) is 5.28. The lowest BCUT2D eigenvalue weighted by atomic mass is 10.1.